The quantitative estimate of drug-likeness (QED) is 0.845. The molecule has 2 aromatic rings. The van der Waals surface area contributed by atoms with Crippen LogP contribution in [0, 0.1) is 5.92 Å². The first kappa shape index (κ1) is 15.0. The van der Waals surface area contributed by atoms with Gasteiger partial charge in [0.05, 0.1) is 17.2 Å². The Kier molecular flexibility index (Phi) is 4.27. The highest BCUT2D eigenvalue weighted by Gasteiger charge is 2.28. The van der Waals surface area contributed by atoms with Crippen LogP contribution in [0.2, 0.25) is 0 Å². The maximum Gasteiger partial charge on any atom is 0.266 e. The van der Waals surface area contributed by atoms with E-state index in [1.54, 1.807) is 23.0 Å². The third-order valence-corrected chi connectivity index (χ3v) is 5.96. The second kappa shape index (κ2) is 6.53. The maximum absolute atomic E-state index is 11.7. The van der Waals surface area contributed by atoms with Crippen molar-refractivity contribution in [2.45, 2.75) is 44.7 Å². The molecule has 2 aromatic heterocycles. The van der Waals surface area contributed by atoms with Gasteiger partial charge in [0.1, 0.15) is 0 Å². The summed E-state index contributed by atoms with van der Waals surface area (Å²) in [5.41, 5.74) is 1.21. The zero-order valence-electron chi connectivity index (χ0n) is 13.2. The first-order valence-corrected chi connectivity index (χ1v) is 9.35. The number of rotatable bonds is 5. The van der Waals surface area contributed by atoms with Gasteiger partial charge in [-0.15, -0.1) is 11.3 Å². The summed E-state index contributed by atoms with van der Waals surface area (Å²) in [5, 5.41) is 7.70. The summed E-state index contributed by atoms with van der Waals surface area (Å²) in [7, 11) is 0. The number of likely N-dealkylation sites (tertiary alicyclic amines) is 1. The summed E-state index contributed by atoms with van der Waals surface area (Å²) in [6.45, 7) is 3.72. The van der Waals surface area contributed by atoms with E-state index in [1.165, 1.54) is 36.4 Å². The van der Waals surface area contributed by atoms with E-state index in [0.29, 0.717) is 11.8 Å². The number of hydrogen-bond donors (Lipinski definition) is 0. The van der Waals surface area contributed by atoms with Crippen LogP contribution in [0.15, 0.2) is 28.5 Å². The minimum atomic E-state index is -0.00773. The van der Waals surface area contributed by atoms with Crippen molar-refractivity contribution in [2.24, 2.45) is 5.92 Å². The Morgan fingerprint density at radius 2 is 2.09 bits per heavy atom. The summed E-state index contributed by atoms with van der Waals surface area (Å²) in [6, 6.07) is 3.26. The lowest BCUT2D eigenvalue weighted by Crippen LogP contribution is -2.48. The molecule has 0 unspecified atom stereocenters. The predicted molar refractivity (Wildman–Crippen MR) is 90.6 cm³/mol. The van der Waals surface area contributed by atoms with Gasteiger partial charge in [-0.25, -0.2) is 9.67 Å². The molecule has 122 valence electrons. The topological polar surface area (TPSA) is 51.0 Å². The molecule has 0 spiro atoms. The minimum Gasteiger partial charge on any atom is -0.297 e. The first-order valence-electron chi connectivity index (χ1n) is 8.47. The van der Waals surface area contributed by atoms with Gasteiger partial charge in [-0.1, -0.05) is 12.8 Å². The lowest BCUT2D eigenvalue weighted by atomic mass is 10.00. The van der Waals surface area contributed by atoms with E-state index in [4.69, 9.17) is 4.98 Å². The highest BCUT2D eigenvalue weighted by molar-refractivity contribution is 7.09. The van der Waals surface area contributed by atoms with Crippen molar-refractivity contribution in [3.8, 4) is 0 Å². The maximum atomic E-state index is 11.7. The number of aromatic nitrogens is 3. The van der Waals surface area contributed by atoms with Crippen molar-refractivity contribution in [3.05, 3.63) is 44.8 Å². The Morgan fingerprint density at radius 1 is 1.26 bits per heavy atom. The molecule has 23 heavy (non-hydrogen) atoms. The molecule has 1 saturated heterocycles. The lowest BCUT2D eigenvalue weighted by molar-refractivity contribution is 0.0755. The van der Waals surface area contributed by atoms with E-state index in [0.717, 1.165) is 26.2 Å². The standard InChI is InChI=1S/C17H22N4OS/c22-16-6-3-7-18-21(16)10-13-8-20(9-13)11-15-12-23-17(19-15)14-4-1-2-5-14/h3,6-7,12-14H,1-2,4-5,8-11H2. The van der Waals surface area contributed by atoms with Gasteiger partial charge in [0.15, 0.2) is 0 Å². The zero-order valence-corrected chi connectivity index (χ0v) is 14.0. The molecule has 0 radical (unpaired) electrons. The fourth-order valence-corrected chi connectivity index (χ4v) is 4.66. The normalized spacial score (nSPS) is 20.0. The van der Waals surface area contributed by atoms with Gasteiger partial charge in [-0.05, 0) is 18.9 Å². The van der Waals surface area contributed by atoms with Gasteiger partial charge >= 0.3 is 0 Å². The van der Waals surface area contributed by atoms with E-state index in [-0.39, 0.29) is 5.56 Å². The van der Waals surface area contributed by atoms with Crippen LogP contribution in [0.25, 0.3) is 0 Å². The molecule has 1 saturated carbocycles. The zero-order chi connectivity index (χ0) is 15.6. The molecule has 2 aliphatic rings. The van der Waals surface area contributed by atoms with E-state index in [1.807, 2.05) is 11.3 Å². The molecule has 1 aliphatic carbocycles. The van der Waals surface area contributed by atoms with Crippen LogP contribution in [-0.4, -0.2) is 32.8 Å². The van der Waals surface area contributed by atoms with E-state index in [2.05, 4.69) is 15.4 Å². The SMILES string of the molecule is O=c1cccnn1CC1CN(Cc2csc(C3CCCC3)n2)C1. The van der Waals surface area contributed by atoms with E-state index >= 15 is 0 Å². The Bertz CT molecular complexity index is 713. The summed E-state index contributed by atoms with van der Waals surface area (Å²) < 4.78 is 1.57. The average Bonchev–Trinajstić information content (AvgIpc) is 3.17. The van der Waals surface area contributed by atoms with Crippen molar-refractivity contribution in [1.82, 2.24) is 19.7 Å². The Labute approximate surface area is 140 Å². The van der Waals surface area contributed by atoms with Crippen LogP contribution in [0.5, 0.6) is 0 Å². The van der Waals surface area contributed by atoms with Crippen LogP contribution in [-0.2, 0) is 13.1 Å². The fraction of sp³-hybridized carbons (Fsp3) is 0.588. The van der Waals surface area contributed by atoms with Crippen molar-refractivity contribution >= 4 is 11.3 Å². The Balaban J connectivity index is 1.28. The largest absolute Gasteiger partial charge is 0.297 e. The monoisotopic (exact) mass is 330 g/mol. The van der Waals surface area contributed by atoms with E-state index in [9.17, 15) is 4.79 Å². The molecule has 1 aliphatic heterocycles. The molecule has 2 fully saturated rings. The van der Waals surface area contributed by atoms with Crippen molar-refractivity contribution < 1.29 is 0 Å². The second-order valence-electron chi connectivity index (χ2n) is 6.76. The third-order valence-electron chi connectivity index (χ3n) is 4.91. The molecule has 0 N–H and O–H groups in total. The van der Waals surface area contributed by atoms with Crippen LogP contribution in [0.3, 0.4) is 0 Å². The molecule has 0 bridgehead atoms. The third kappa shape index (κ3) is 3.38. The van der Waals surface area contributed by atoms with Gasteiger partial charge in [0.2, 0.25) is 0 Å². The Hall–Kier alpha value is -1.53. The molecule has 5 nitrogen and oxygen atoms in total. The fourth-order valence-electron chi connectivity index (χ4n) is 3.67. The van der Waals surface area contributed by atoms with E-state index < -0.39 is 0 Å². The second-order valence-corrected chi connectivity index (χ2v) is 7.65. The molecule has 4 rings (SSSR count). The summed E-state index contributed by atoms with van der Waals surface area (Å²) >= 11 is 1.84. The number of thiazole rings is 1. The van der Waals surface area contributed by atoms with Crippen molar-refractivity contribution in [2.75, 3.05) is 13.1 Å². The molecule has 0 atom stereocenters. The van der Waals surface area contributed by atoms with Crippen molar-refractivity contribution in [3.63, 3.8) is 0 Å². The van der Waals surface area contributed by atoms with Crippen LogP contribution >= 0.6 is 11.3 Å². The van der Waals surface area contributed by atoms with Gasteiger partial charge in [0.25, 0.3) is 5.56 Å². The van der Waals surface area contributed by atoms with Gasteiger partial charge in [-0.2, -0.15) is 5.10 Å². The molecule has 0 aromatic carbocycles. The summed E-state index contributed by atoms with van der Waals surface area (Å²) in [5.74, 6) is 1.24. The summed E-state index contributed by atoms with van der Waals surface area (Å²) in [6.07, 6.45) is 7.04. The number of hydrogen-bond acceptors (Lipinski definition) is 5. The molecular weight excluding hydrogens is 308 g/mol. The number of nitrogens with zero attached hydrogens (tertiary/aromatic N) is 4. The van der Waals surface area contributed by atoms with Gasteiger partial charge in [-0.3, -0.25) is 9.69 Å². The Morgan fingerprint density at radius 3 is 2.87 bits per heavy atom. The predicted octanol–water partition coefficient (Wildman–Crippen LogP) is 2.49. The highest BCUT2D eigenvalue weighted by atomic mass is 32.1. The van der Waals surface area contributed by atoms with Crippen molar-refractivity contribution in [1.29, 1.82) is 0 Å². The first-order chi connectivity index (χ1) is 11.3. The molecule has 3 heterocycles. The average molecular weight is 330 g/mol. The molecule has 6 heteroatoms. The minimum absolute atomic E-state index is 0.00773. The van der Waals surface area contributed by atoms with Crippen LogP contribution in [0.1, 0.15) is 42.3 Å². The lowest BCUT2D eigenvalue weighted by Gasteiger charge is -2.38. The van der Waals surface area contributed by atoms with Crippen LogP contribution < -0.4 is 5.56 Å². The summed E-state index contributed by atoms with van der Waals surface area (Å²) in [4.78, 5) is 18.9. The molecular formula is C17H22N4OS. The molecule has 0 amide bonds. The van der Waals surface area contributed by atoms with Crippen LogP contribution in [0.4, 0.5) is 0 Å². The smallest absolute Gasteiger partial charge is 0.266 e. The highest BCUT2D eigenvalue weighted by Crippen LogP contribution is 2.35. The van der Waals surface area contributed by atoms with Gasteiger partial charge < -0.3 is 0 Å². The van der Waals surface area contributed by atoms with Gasteiger partial charge in [0, 0.05) is 49.1 Å².